The van der Waals surface area contributed by atoms with E-state index in [0.717, 1.165) is 0 Å². The van der Waals surface area contributed by atoms with Gasteiger partial charge in [-0.05, 0) is 12.1 Å². The Morgan fingerprint density at radius 2 is 1.85 bits per heavy atom. The summed E-state index contributed by atoms with van der Waals surface area (Å²) in [4.78, 5) is 14.3. The van der Waals surface area contributed by atoms with E-state index in [1.165, 1.54) is 36.5 Å². The van der Waals surface area contributed by atoms with Gasteiger partial charge in [0.1, 0.15) is 11.4 Å². The molecule has 1 N–H and O–H groups in total. The van der Waals surface area contributed by atoms with E-state index in [4.69, 9.17) is 5.11 Å². The maximum atomic E-state index is 12.3. The molecule has 0 atom stereocenters. The number of carboxylic acid groups (broad SMARTS) is 1. The average Bonchev–Trinajstić information content (AvgIpc) is 2.37. The van der Waals surface area contributed by atoms with Gasteiger partial charge in [-0.2, -0.15) is 0 Å². The monoisotopic (exact) mass is 283 g/mol. The van der Waals surface area contributed by atoms with Gasteiger partial charge in [0, 0.05) is 17.3 Å². The summed E-state index contributed by atoms with van der Waals surface area (Å²) < 4.78 is 40.8. The summed E-state index contributed by atoms with van der Waals surface area (Å²) in [6, 6.07) is 8.14. The Kier molecular flexibility index (Phi) is 3.60. The highest BCUT2D eigenvalue weighted by atomic mass is 19.4. The Hall–Kier alpha value is -2.57. The first-order chi connectivity index (χ1) is 9.37. The summed E-state index contributed by atoms with van der Waals surface area (Å²) in [6.07, 6.45) is -3.62. The van der Waals surface area contributed by atoms with Crippen molar-refractivity contribution in [3.63, 3.8) is 0 Å². The van der Waals surface area contributed by atoms with Gasteiger partial charge in [0.25, 0.3) is 0 Å². The molecule has 0 aliphatic carbocycles. The summed E-state index contributed by atoms with van der Waals surface area (Å²) >= 11 is 0. The van der Waals surface area contributed by atoms with E-state index in [1.54, 1.807) is 6.07 Å². The molecule has 4 nitrogen and oxygen atoms in total. The third-order valence-electron chi connectivity index (χ3n) is 2.41. The fourth-order valence-corrected chi connectivity index (χ4v) is 1.60. The number of carboxylic acids is 1. The number of rotatable bonds is 3. The summed E-state index contributed by atoms with van der Waals surface area (Å²) in [5.41, 5.74) is 0.312. The lowest BCUT2D eigenvalue weighted by atomic mass is 10.1. The summed E-state index contributed by atoms with van der Waals surface area (Å²) in [7, 11) is 0. The first-order valence-corrected chi connectivity index (χ1v) is 5.41. The van der Waals surface area contributed by atoms with Crippen LogP contribution in [0.25, 0.3) is 11.1 Å². The molecule has 0 unspecified atom stereocenters. The number of alkyl halides is 3. The third kappa shape index (κ3) is 3.25. The molecule has 104 valence electrons. The number of benzene rings is 1. The fourth-order valence-electron chi connectivity index (χ4n) is 1.60. The van der Waals surface area contributed by atoms with E-state index in [9.17, 15) is 18.0 Å². The zero-order valence-electron chi connectivity index (χ0n) is 9.89. The number of hydrogen-bond donors (Lipinski definition) is 1. The number of carbonyl (C=O) groups is 1. The lowest BCUT2D eigenvalue weighted by molar-refractivity contribution is -0.274. The van der Waals surface area contributed by atoms with Gasteiger partial charge in [-0.25, -0.2) is 9.78 Å². The molecule has 0 spiro atoms. The summed E-state index contributed by atoms with van der Waals surface area (Å²) in [5.74, 6) is -1.58. The largest absolute Gasteiger partial charge is 0.573 e. The Morgan fingerprint density at radius 3 is 2.40 bits per heavy atom. The van der Waals surface area contributed by atoms with Crippen LogP contribution in [0.5, 0.6) is 5.75 Å². The van der Waals surface area contributed by atoms with Crippen molar-refractivity contribution in [1.29, 1.82) is 0 Å². The molecule has 0 aliphatic heterocycles. The van der Waals surface area contributed by atoms with Crippen molar-refractivity contribution >= 4 is 5.97 Å². The molecule has 0 saturated heterocycles. The molecule has 0 bridgehead atoms. The first-order valence-electron chi connectivity index (χ1n) is 5.41. The number of aromatic carboxylic acids is 1. The Balaban J connectivity index is 2.39. The van der Waals surface area contributed by atoms with Crippen LogP contribution in [-0.4, -0.2) is 22.4 Å². The fraction of sp³-hybridized carbons (Fsp3) is 0.0769. The molecule has 0 aliphatic rings. The molecule has 20 heavy (non-hydrogen) atoms. The minimum Gasteiger partial charge on any atom is -0.477 e. The highest BCUT2D eigenvalue weighted by molar-refractivity contribution is 5.86. The smallest absolute Gasteiger partial charge is 0.477 e. The predicted octanol–water partition coefficient (Wildman–Crippen LogP) is 3.35. The SMILES string of the molecule is O=C(O)c1ccc(-c2ccccc2OC(F)(F)F)cn1. The van der Waals surface area contributed by atoms with Crippen LogP contribution in [-0.2, 0) is 0 Å². The minimum atomic E-state index is -4.80. The molecular weight excluding hydrogens is 275 g/mol. The van der Waals surface area contributed by atoms with Crippen LogP contribution in [0.2, 0.25) is 0 Å². The Morgan fingerprint density at radius 1 is 1.15 bits per heavy atom. The average molecular weight is 283 g/mol. The standard InChI is InChI=1S/C13H8F3NO3/c14-13(15,16)20-11-4-2-1-3-9(11)8-5-6-10(12(18)19)17-7-8/h1-7H,(H,18,19). The molecule has 7 heteroatoms. The lowest BCUT2D eigenvalue weighted by Crippen LogP contribution is -2.17. The van der Waals surface area contributed by atoms with Gasteiger partial charge >= 0.3 is 12.3 Å². The van der Waals surface area contributed by atoms with E-state index < -0.39 is 12.3 Å². The van der Waals surface area contributed by atoms with Crippen molar-refractivity contribution in [2.45, 2.75) is 6.36 Å². The topological polar surface area (TPSA) is 59.4 Å². The number of pyridine rings is 1. The molecule has 0 radical (unpaired) electrons. The molecule has 1 heterocycles. The van der Waals surface area contributed by atoms with E-state index >= 15 is 0 Å². The normalized spacial score (nSPS) is 11.2. The second-order valence-electron chi connectivity index (χ2n) is 3.78. The minimum absolute atomic E-state index is 0.175. The van der Waals surface area contributed by atoms with Crippen LogP contribution < -0.4 is 4.74 Å². The van der Waals surface area contributed by atoms with Crippen molar-refractivity contribution < 1.29 is 27.8 Å². The van der Waals surface area contributed by atoms with Gasteiger partial charge in [0.2, 0.25) is 0 Å². The number of halogens is 3. The number of nitrogens with zero attached hydrogens (tertiary/aromatic N) is 1. The second-order valence-corrected chi connectivity index (χ2v) is 3.78. The Bertz CT molecular complexity index is 624. The quantitative estimate of drug-likeness (QED) is 0.938. The van der Waals surface area contributed by atoms with Crippen molar-refractivity contribution in [3.8, 4) is 16.9 Å². The van der Waals surface area contributed by atoms with Crippen LogP contribution in [0.15, 0.2) is 42.6 Å². The van der Waals surface area contributed by atoms with Crippen molar-refractivity contribution in [2.24, 2.45) is 0 Å². The zero-order chi connectivity index (χ0) is 14.8. The molecule has 0 amide bonds. The lowest BCUT2D eigenvalue weighted by Gasteiger charge is -2.13. The molecular formula is C13H8F3NO3. The number of aromatic nitrogens is 1. The van der Waals surface area contributed by atoms with Crippen LogP contribution >= 0.6 is 0 Å². The van der Waals surface area contributed by atoms with Gasteiger partial charge < -0.3 is 9.84 Å². The van der Waals surface area contributed by atoms with Crippen molar-refractivity contribution in [2.75, 3.05) is 0 Å². The first kappa shape index (κ1) is 13.9. The maximum absolute atomic E-state index is 12.3. The van der Waals surface area contributed by atoms with Crippen molar-refractivity contribution in [1.82, 2.24) is 4.98 Å². The number of ether oxygens (including phenoxy) is 1. The van der Waals surface area contributed by atoms with E-state index in [2.05, 4.69) is 9.72 Å². The Labute approximate surface area is 111 Å². The van der Waals surface area contributed by atoms with E-state index in [1.807, 2.05) is 0 Å². The molecule has 2 aromatic rings. The molecule has 0 fully saturated rings. The van der Waals surface area contributed by atoms with Crippen LogP contribution in [0.3, 0.4) is 0 Å². The number of hydrogen-bond acceptors (Lipinski definition) is 3. The van der Waals surface area contributed by atoms with Crippen LogP contribution in [0.1, 0.15) is 10.5 Å². The van der Waals surface area contributed by atoms with Gasteiger partial charge in [0.05, 0.1) is 0 Å². The highest BCUT2D eigenvalue weighted by Gasteiger charge is 2.32. The predicted molar refractivity (Wildman–Crippen MR) is 63.3 cm³/mol. The summed E-state index contributed by atoms with van der Waals surface area (Å²) in [6.45, 7) is 0. The maximum Gasteiger partial charge on any atom is 0.573 e. The molecule has 1 aromatic heterocycles. The van der Waals surface area contributed by atoms with Gasteiger partial charge in [-0.15, -0.1) is 13.2 Å². The zero-order valence-corrected chi connectivity index (χ0v) is 9.89. The van der Waals surface area contributed by atoms with Crippen molar-refractivity contribution in [3.05, 3.63) is 48.3 Å². The van der Waals surface area contributed by atoms with Gasteiger partial charge in [-0.3, -0.25) is 0 Å². The van der Waals surface area contributed by atoms with Gasteiger partial charge in [-0.1, -0.05) is 24.3 Å². The second kappa shape index (κ2) is 5.20. The van der Waals surface area contributed by atoms with Crippen LogP contribution in [0.4, 0.5) is 13.2 Å². The third-order valence-corrected chi connectivity index (χ3v) is 2.41. The highest BCUT2D eigenvalue weighted by Crippen LogP contribution is 2.33. The molecule has 0 saturated carbocycles. The summed E-state index contributed by atoms with van der Waals surface area (Å²) in [5, 5.41) is 8.72. The molecule has 1 aromatic carbocycles. The number of para-hydroxylation sites is 1. The van der Waals surface area contributed by atoms with E-state index in [0.29, 0.717) is 5.56 Å². The molecule has 2 rings (SSSR count). The van der Waals surface area contributed by atoms with E-state index in [-0.39, 0.29) is 17.0 Å². The van der Waals surface area contributed by atoms with Crippen LogP contribution in [0, 0.1) is 0 Å². The van der Waals surface area contributed by atoms with Gasteiger partial charge in [0.15, 0.2) is 0 Å².